The Morgan fingerprint density at radius 2 is 2.05 bits per heavy atom. The highest BCUT2D eigenvalue weighted by Crippen LogP contribution is 2.27. The molecule has 2 N–H and O–H groups in total. The van der Waals surface area contributed by atoms with Crippen molar-refractivity contribution in [1.29, 1.82) is 0 Å². The van der Waals surface area contributed by atoms with E-state index in [-0.39, 0.29) is 5.91 Å². The summed E-state index contributed by atoms with van der Waals surface area (Å²) in [6.07, 6.45) is 8.55. The highest BCUT2D eigenvalue weighted by Gasteiger charge is 2.41. The van der Waals surface area contributed by atoms with Gasteiger partial charge >= 0.3 is 0 Å². The van der Waals surface area contributed by atoms with Gasteiger partial charge in [-0.25, -0.2) is 0 Å². The van der Waals surface area contributed by atoms with Crippen LogP contribution >= 0.6 is 0 Å². The summed E-state index contributed by atoms with van der Waals surface area (Å²) in [6, 6.07) is 5.67. The quantitative estimate of drug-likeness (QED) is 0.866. The molecule has 1 amide bonds. The van der Waals surface area contributed by atoms with Crippen LogP contribution < -0.4 is 10.6 Å². The number of pyridine rings is 1. The maximum Gasteiger partial charge on any atom is 0.248 e. The van der Waals surface area contributed by atoms with Gasteiger partial charge in [0.25, 0.3) is 0 Å². The monoisotopic (exact) mass is 285 g/mol. The smallest absolute Gasteiger partial charge is 0.248 e. The molecule has 1 aliphatic heterocycles. The first-order chi connectivity index (χ1) is 10.3. The molecule has 0 radical (unpaired) electrons. The molecule has 6 heteroatoms. The number of rotatable bonds is 4. The molecule has 0 spiro atoms. The van der Waals surface area contributed by atoms with E-state index >= 15 is 0 Å². The third-order valence-electron chi connectivity index (χ3n) is 4.00. The molecule has 21 heavy (non-hydrogen) atoms. The zero-order chi connectivity index (χ0) is 14.5. The fourth-order valence-corrected chi connectivity index (χ4v) is 2.77. The van der Waals surface area contributed by atoms with E-state index in [0.717, 1.165) is 31.5 Å². The van der Waals surface area contributed by atoms with Crippen LogP contribution in [0.1, 0.15) is 18.4 Å². The van der Waals surface area contributed by atoms with E-state index < -0.39 is 5.54 Å². The zero-order valence-electron chi connectivity index (χ0n) is 11.8. The van der Waals surface area contributed by atoms with Crippen LogP contribution in [0.2, 0.25) is 0 Å². The Morgan fingerprint density at radius 1 is 1.29 bits per heavy atom. The van der Waals surface area contributed by atoms with Crippen molar-refractivity contribution in [2.45, 2.75) is 24.9 Å². The first-order valence-electron chi connectivity index (χ1n) is 7.19. The molecule has 3 rings (SSSR count). The minimum Gasteiger partial charge on any atom is -0.350 e. The van der Waals surface area contributed by atoms with E-state index in [1.54, 1.807) is 23.3 Å². The van der Waals surface area contributed by atoms with Gasteiger partial charge in [-0.15, -0.1) is 0 Å². The second kappa shape index (κ2) is 6.05. The van der Waals surface area contributed by atoms with Crippen LogP contribution in [0.3, 0.4) is 0 Å². The minimum atomic E-state index is -0.582. The van der Waals surface area contributed by atoms with Crippen molar-refractivity contribution in [3.8, 4) is 0 Å². The van der Waals surface area contributed by atoms with Crippen LogP contribution in [-0.2, 0) is 16.9 Å². The first kappa shape index (κ1) is 13.8. The Kier molecular flexibility index (Phi) is 3.96. The molecule has 0 bridgehead atoms. The lowest BCUT2D eigenvalue weighted by Gasteiger charge is -2.36. The molecule has 0 atom stereocenters. The van der Waals surface area contributed by atoms with Crippen molar-refractivity contribution in [1.82, 2.24) is 25.4 Å². The fraction of sp³-hybridized carbons (Fsp3) is 0.400. The highest BCUT2D eigenvalue weighted by atomic mass is 16.2. The lowest BCUT2D eigenvalue weighted by molar-refractivity contribution is -0.132. The number of aromatic nitrogens is 3. The number of hydrogen-bond acceptors (Lipinski definition) is 4. The van der Waals surface area contributed by atoms with Gasteiger partial charge in [0.15, 0.2) is 0 Å². The summed E-state index contributed by atoms with van der Waals surface area (Å²) < 4.78 is 1.80. The molecule has 1 saturated heterocycles. The summed E-state index contributed by atoms with van der Waals surface area (Å²) in [5.41, 5.74) is 0.463. The van der Waals surface area contributed by atoms with Gasteiger partial charge < -0.3 is 10.6 Å². The predicted octanol–water partition coefficient (Wildman–Crippen LogP) is 0.673. The van der Waals surface area contributed by atoms with Gasteiger partial charge in [0.1, 0.15) is 5.54 Å². The number of nitrogens with zero attached hydrogens (tertiary/aromatic N) is 3. The van der Waals surface area contributed by atoms with E-state index in [1.165, 1.54) is 0 Å². The molecule has 0 aliphatic carbocycles. The molecule has 6 nitrogen and oxygen atoms in total. The maximum absolute atomic E-state index is 12.8. The lowest BCUT2D eigenvalue weighted by Crippen LogP contribution is -2.54. The fourth-order valence-electron chi connectivity index (χ4n) is 2.77. The third kappa shape index (κ3) is 2.80. The van der Waals surface area contributed by atoms with Crippen LogP contribution in [0.5, 0.6) is 0 Å². The van der Waals surface area contributed by atoms with Crippen LogP contribution in [0.25, 0.3) is 0 Å². The van der Waals surface area contributed by atoms with Crippen LogP contribution in [0, 0.1) is 0 Å². The van der Waals surface area contributed by atoms with E-state index in [2.05, 4.69) is 20.7 Å². The van der Waals surface area contributed by atoms with Gasteiger partial charge in [-0.1, -0.05) is 0 Å². The highest BCUT2D eigenvalue weighted by molar-refractivity contribution is 5.84. The number of nitrogens with one attached hydrogen (secondary N) is 2. The summed E-state index contributed by atoms with van der Waals surface area (Å²) in [4.78, 5) is 16.8. The molecule has 0 aromatic carbocycles. The molecule has 3 heterocycles. The average Bonchev–Trinajstić information content (AvgIpc) is 3.09. The van der Waals surface area contributed by atoms with E-state index in [0.29, 0.717) is 6.54 Å². The second-order valence-corrected chi connectivity index (χ2v) is 5.27. The van der Waals surface area contributed by atoms with Crippen molar-refractivity contribution in [3.63, 3.8) is 0 Å². The largest absolute Gasteiger partial charge is 0.350 e. The summed E-state index contributed by atoms with van der Waals surface area (Å²) in [6.45, 7) is 2.16. The number of hydrogen-bond donors (Lipinski definition) is 2. The molecule has 0 saturated carbocycles. The minimum absolute atomic E-state index is 0.0320. The molecule has 2 aromatic heterocycles. The van der Waals surface area contributed by atoms with E-state index in [9.17, 15) is 4.79 Å². The molecule has 0 unspecified atom stereocenters. The van der Waals surface area contributed by atoms with E-state index in [1.807, 2.05) is 24.4 Å². The SMILES string of the molecule is O=C(NCc1ccncc1)C1(n2cccn2)CCNCC1. The number of carbonyl (C=O) groups excluding carboxylic acids is 1. The normalized spacial score (nSPS) is 17.3. The van der Waals surface area contributed by atoms with Crippen molar-refractivity contribution < 1.29 is 4.79 Å². The van der Waals surface area contributed by atoms with Crippen molar-refractivity contribution in [2.75, 3.05) is 13.1 Å². The van der Waals surface area contributed by atoms with Gasteiger partial charge in [-0.2, -0.15) is 5.10 Å². The Bertz CT molecular complexity index is 575. The summed E-state index contributed by atoms with van der Waals surface area (Å²) >= 11 is 0. The molecular weight excluding hydrogens is 266 g/mol. The predicted molar refractivity (Wildman–Crippen MR) is 78.4 cm³/mol. The van der Waals surface area contributed by atoms with Gasteiger partial charge in [-0.05, 0) is 49.7 Å². The Morgan fingerprint density at radius 3 is 2.71 bits per heavy atom. The standard InChI is InChI=1S/C15H19N5O/c21-14(18-12-13-2-7-16-8-3-13)15(4-9-17-10-5-15)20-11-1-6-19-20/h1-3,6-8,11,17H,4-5,9-10,12H2,(H,18,21). The summed E-state index contributed by atoms with van der Waals surface area (Å²) in [5, 5.41) is 10.6. The Hall–Kier alpha value is -2.21. The number of piperidine rings is 1. The van der Waals surface area contributed by atoms with Crippen LogP contribution in [0.15, 0.2) is 43.0 Å². The Labute approximate surface area is 123 Å². The number of carbonyl (C=O) groups is 1. The van der Waals surface area contributed by atoms with Gasteiger partial charge in [0.05, 0.1) is 0 Å². The van der Waals surface area contributed by atoms with Gasteiger partial charge in [0, 0.05) is 31.3 Å². The van der Waals surface area contributed by atoms with Crippen molar-refractivity contribution >= 4 is 5.91 Å². The third-order valence-corrected chi connectivity index (χ3v) is 4.00. The van der Waals surface area contributed by atoms with Crippen LogP contribution in [0.4, 0.5) is 0 Å². The molecule has 1 fully saturated rings. The average molecular weight is 285 g/mol. The maximum atomic E-state index is 12.8. The van der Waals surface area contributed by atoms with Crippen LogP contribution in [-0.4, -0.2) is 33.8 Å². The molecule has 2 aromatic rings. The lowest BCUT2D eigenvalue weighted by atomic mass is 9.87. The summed E-state index contributed by atoms with van der Waals surface area (Å²) in [7, 11) is 0. The molecule has 110 valence electrons. The second-order valence-electron chi connectivity index (χ2n) is 5.27. The zero-order valence-corrected chi connectivity index (χ0v) is 11.8. The van der Waals surface area contributed by atoms with E-state index in [4.69, 9.17) is 0 Å². The molecular formula is C15H19N5O. The van der Waals surface area contributed by atoms with Crippen molar-refractivity contribution in [2.24, 2.45) is 0 Å². The van der Waals surface area contributed by atoms with Crippen molar-refractivity contribution in [3.05, 3.63) is 48.5 Å². The van der Waals surface area contributed by atoms with Gasteiger partial charge in [-0.3, -0.25) is 14.5 Å². The molecule has 1 aliphatic rings. The number of amides is 1. The summed E-state index contributed by atoms with van der Waals surface area (Å²) in [5.74, 6) is 0.0320. The topological polar surface area (TPSA) is 71.8 Å². The Balaban J connectivity index is 1.75. The van der Waals surface area contributed by atoms with Gasteiger partial charge in [0.2, 0.25) is 5.91 Å². The first-order valence-corrected chi connectivity index (χ1v) is 7.19.